The smallest absolute Gasteiger partial charge is 0.224 e. The zero-order chi connectivity index (χ0) is 15.4. The Morgan fingerprint density at radius 2 is 2.24 bits per heavy atom. The van der Waals surface area contributed by atoms with Crippen molar-refractivity contribution in [2.24, 2.45) is 5.73 Å². The summed E-state index contributed by atoms with van der Waals surface area (Å²) in [6.45, 7) is 2.27. The third kappa shape index (κ3) is 4.42. The van der Waals surface area contributed by atoms with Crippen molar-refractivity contribution < 1.29 is 9.18 Å². The highest BCUT2D eigenvalue weighted by molar-refractivity contribution is 6.31. The molecule has 2 rings (SSSR count). The van der Waals surface area contributed by atoms with Gasteiger partial charge in [-0.1, -0.05) is 31.0 Å². The van der Waals surface area contributed by atoms with Gasteiger partial charge in [0.1, 0.15) is 5.82 Å². The van der Waals surface area contributed by atoms with Crippen molar-refractivity contribution in [1.82, 2.24) is 4.90 Å². The van der Waals surface area contributed by atoms with Crippen molar-refractivity contribution in [1.29, 1.82) is 0 Å². The fraction of sp³-hybridized carbons (Fsp3) is 0.562. The number of rotatable bonds is 7. The Kier molecular flexibility index (Phi) is 5.59. The molecule has 0 radical (unpaired) electrons. The SMILES string of the molecule is CCCC(N)CC(=O)N(Cc1c(F)cccc1Cl)C1CC1. The van der Waals surface area contributed by atoms with E-state index < -0.39 is 0 Å². The van der Waals surface area contributed by atoms with Gasteiger partial charge in [0.25, 0.3) is 0 Å². The van der Waals surface area contributed by atoms with Gasteiger partial charge in [0.15, 0.2) is 0 Å². The predicted octanol–water partition coefficient (Wildman–Crippen LogP) is 3.49. The molecule has 1 aromatic rings. The minimum Gasteiger partial charge on any atom is -0.335 e. The van der Waals surface area contributed by atoms with Gasteiger partial charge < -0.3 is 10.6 Å². The minimum absolute atomic E-state index is 0.00207. The van der Waals surface area contributed by atoms with E-state index in [1.165, 1.54) is 6.07 Å². The second-order valence-electron chi connectivity index (χ2n) is 5.71. The number of carbonyl (C=O) groups is 1. The maximum Gasteiger partial charge on any atom is 0.224 e. The molecule has 1 atom stereocenters. The molecule has 21 heavy (non-hydrogen) atoms. The molecule has 0 aromatic heterocycles. The maximum absolute atomic E-state index is 13.9. The highest BCUT2D eigenvalue weighted by atomic mass is 35.5. The van der Waals surface area contributed by atoms with E-state index in [0.717, 1.165) is 25.7 Å². The Morgan fingerprint density at radius 1 is 1.52 bits per heavy atom. The summed E-state index contributed by atoms with van der Waals surface area (Å²) in [5, 5.41) is 0.367. The van der Waals surface area contributed by atoms with E-state index in [4.69, 9.17) is 17.3 Å². The molecule has 0 saturated heterocycles. The Hall–Kier alpha value is -1.13. The molecule has 1 aliphatic carbocycles. The van der Waals surface area contributed by atoms with Gasteiger partial charge in [0.2, 0.25) is 5.91 Å². The van der Waals surface area contributed by atoms with Crippen molar-refractivity contribution in [2.45, 2.75) is 57.7 Å². The Morgan fingerprint density at radius 3 is 2.81 bits per heavy atom. The quantitative estimate of drug-likeness (QED) is 0.837. The Labute approximate surface area is 130 Å². The lowest BCUT2D eigenvalue weighted by Gasteiger charge is -2.25. The number of nitrogens with zero attached hydrogens (tertiary/aromatic N) is 1. The molecule has 3 nitrogen and oxygen atoms in total. The Bertz CT molecular complexity index is 485. The summed E-state index contributed by atoms with van der Waals surface area (Å²) in [6, 6.07) is 4.68. The number of benzene rings is 1. The van der Waals surface area contributed by atoms with Crippen LogP contribution in [0.1, 0.15) is 44.6 Å². The summed E-state index contributed by atoms with van der Waals surface area (Å²) in [6.07, 6.45) is 4.04. The van der Waals surface area contributed by atoms with Crippen molar-refractivity contribution in [2.75, 3.05) is 0 Å². The molecule has 0 aliphatic heterocycles. The lowest BCUT2D eigenvalue weighted by molar-refractivity contribution is -0.132. The summed E-state index contributed by atoms with van der Waals surface area (Å²) in [5.74, 6) is -0.364. The average Bonchev–Trinajstić information content (AvgIpc) is 3.22. The van der Waals surface area contributed by atoms with E-state index in [-0.39, 0.29) is 30.4 Å². The van der Waals surface area contributed by atoms with Crippen LogP contribution in [0.15, 0.2) is 18.2 Å². The first kappa shape index (κ1) is 16.2. The molecular formula is C16H22ClFN2O. The monoisotopic (exact) mass is 312 g/mol. The second kappa shape index (κ2) is 7.23. The molecule has 1 fully saturated rings. The molecule has 0 bridgehead atoms. The summed E-state index contributed by atoms with van der Waals surface area (Å²) in [7, 11) is 0. The molecule has 0 spiro atoms. The normalized spacial score (nSPS) is 15.8. The third-order valence-electron chi connectivity index (χ3n) is 3.79. The highest BCUT2D eigenvalue weighted by Gasteiger charge is 2.33. The number of carbonyl (C=O) groups excluding carboxylic acids is 1. The van der Waals surface area contributed by atoms with Crippen LogP contribution in [-0.4, -0.2) is 22.9 Å². The van der Waals surface area contributed by atoms with Crippen LogP contribution in [0.25, 0.3) is 0 Å². The molecule has 0 heterocycles. The third-order valence-corrected chi connectivity index (χ3v) is 4.15. The molecule has 116 valence electrons. The Balaban J connectivity index is 2.07. The molecule has 2 N–H and O–H groups in total. The second-order valence-corrected chi connectivity index (χ2v) is 6.11. The molecule has 1 saturated carbocycles. The van der Waals surface area contributed by atoms with E-state index >= 15 is 0 Å². The molecule has 1 amide bonds. The van der Waals surface area contributed by atoms with Crippen LogP contribution in [0.5, 0.6) is 0 Å². The highest BCUT2D eigenvalue weighted by Crippen LogP contribution is 2.31. The van der Waals surface area contributed by atoms with Gasteiger partial charge in [-0.15, -0.1) is 0 Å². The number of halogens is 2. The van der Waals surface area contributed by atoms with Crippen molar-refractivity contribution in [3.05, 3.63) is 34.6 Å². The van der Waals surface area contributed by atoms with E-state index in [9.17, 15) is 9.18 Å². The van der Waals surface area contributed by atoms with Crippen LogP contribution in [0.3, 0.4) is 0 Å². The first-order chi connectivity index (χ1) is 10.0. The first-order valence-corrected chi connectivity index (χ1v) is 7.88. The lowest BCUT2D eigenvalue weighted by Crippen LogP contribution is -2.37. The maximum atomic E-state index is 13.9. The number of nitrogens with two attached hydrogens (primary N) is 1. The van der Waals surface area contributed by atoms with E-state index in [1.807, 2.05) is 6.92 Å². The van der Waals surface area contributed by atoms with E-state index in [0.29, 0.717) is 17.0 Å². The van der Waals surface area contributed by atoms with Gasteiger partial charge in [0, 0.05) is 29.1 Å². The largest absolute Gasteiger partial charge is 0.335 e. The van der Waals surface area contributed by atoms with Gasteiger partial charge in [0.05, 0.1) is 6.54 Å². The first-order valence-electron chi connectivity index (χ1n) is 7.50. The number of amides is 1. The van der Waals surface area contributed by atoms with Gasteiger partial charge in [-0.25, -0.2) is 4.39 Å². The molecule has 1 aliphatic rings. The zero-order valence-electron chi connectivity index (χ0n) is 12.3. The van der Waals surface area contributed by atoms with Crippen LogP contribution in [0.4, 0.5) is 4.39 Å². The van der Waals surface area contributed by atoms with Crippen molar-refractivity contribution in [3.8, 4) is 0 Å². The summed E-state index contributed by atoms with van der Waals surface area (Å²) < 4.78 is 13.9. The number of hydrogen-bond donors (Lipinski definition) is 1. The van der Waals surface area contributed by atoms with E-state index in [1.54, 1.807) is 17.0 Å². The summed E-state index contributed by atoms with van der Waals surface area (Å²) in [5.41, 5.74) is 6.34. The van der Waals surface area contributed by atoms with Crippen molar-refractivity contribution >= 4 is 17.5 Å². The van der Waals surface area contributed by atoms with Gasteiger partial charge in [-0.05, 0) is 31.4 Å². The summed E-state index contributed by atoms with van der Waals surface area (Å²) in [4.78, 5) is 14.2. The van der Waals surface area contributed by atoms with Gasteiger partial charge in [-0.2, -0.15) is 0 Å². The summed E-state index contributed by atoms with van der Waals surface area (Å²) >= 11 is 6.06. The standard InChI is InChI=1S/C16H22ClFN2O/c1-2-4-11(19)9-16(21)20(12-7-8-12)10-13-14(17)5-3-6-15(13)18/h3,5-6,11-12H,2,4,7-10,19H2,1H3. The number of hydrogen-bond acceptors (Lipinski definition) is 2. The molecular weight excluding hydrogens is 291 g/mol. The zero-order valence-corrected chi connectivity index (χ0v) is 13.1. The van der Waals surface area contributed by atoms with E-state index in [2.05, 4.69) is 0 Å². The topological polar surface area (TPSA) is 46.3 Å². The van der Waals surface area contributed by atoms with Crippen LogP contribution in [0, 0.1) is 5.82 Å². The van der Waals surface area contributed by atoms with Gasteiger partial charge in [-0.3, -0.25) is 4.79 Å². The molecule has 1 unspecified atom stereocenters. The predicted molar refractivity (Wildman–Crippen MR) is 82.5 cm³/mol. The van der Waals surface area contributed by atoms with Crippen LogP contribution in [-0.2, 0) is 11.3 Å². The molecule has 5 heteroatoms. The average molecular weight is 313 g/mol. The lowest BCUT2D eigenvalue weighted by atomic mass is 10.1. The fourth-order valence-electron chi connectivity index (χ4n) is 2.48. The fourth-order valence-corrected chi connectivity index (χ4v) is 2.70. The van der Waals surface area contributed by atoms with Crippen LogP contribution in [0.2, 0.25) is 5.02 Å². The van der Waals surface area contributed by atoms with Gasteiger partial charge >= 0.3 is 0 Å². The van der Waals surface area contributed by atoms with Crippen LogP contribution >= 0.6 is 11.6 Å². The minimum atomic E-state index is -0.362. The van der Waals surface area contributed by atoms with Crippen molar-refractivity contribution in [3.63, 3.8) is 0 Å². The molecule has 1 aromatic carbocycles. The van der Waals surface area contributed by atoms with Crippen LogP contribution < -0.4 is 5.73 Å².